The molecule has 236 valence electrons. The molecule has 1 aliphatic carbocycles. The summed E-state index contributed by atoms with van der Waals surface area (Å²) in [6.07, 6.45) is -0.165. The molecule has 0 bridgehead atoms. The van der Waals surface area contributed by atoms with E-state index in [2.05, 4.69) is 5.32 Å². The first kappa shape index (κ1) is 33.3. The lowest BCUT2D eigenvalue weighted by Gasteiger charge is -2.33. The zero-order chi connectivity index (χ0) is 32.1. The van der Waals surface area contributed by atoms with Crippen LogP contribution in [0.5, 0.6) is 0 Å². The van der Waals surface area contributed by atoms with E-state index in [-0.39, 0.29) is 23.4 Å². The molecule has 0 unspecified atom stereocenters. The van der Waals surface area contributed by atoms with Crippen LogP contribution in [0.25, 0.3) is 0 Å². The first-order valence-electron chi connectivity index (χ1n) is 14.4. The van der Waals surface area contributed by atoms with Crippen molar-refractivity contribution >= 4 is 39.1 Å². The SMILES string of the molecule is Cc1ccccc1CN(C(=O)CN(c1ccc(Cl)c(C(F)(F)F)c1)S(=O)(=O)c1ccccc1)[C@@H](C)C(=O)NC1CCCCC1. The molecule has 0 aliphatic heterocycles. The molecular weight excluding hydrogens is 615 g/mol. The Morgan fingerprint density at radius 3 is 2.25 bits per heavy atom. The van der Waals surface area contributed by atoms with Gasteiger partial charge in [0.05, 0.1) is 21.2 Å². The summed E-state index contributed by atoms with van der Waals surface area (Å²) in [6, 6.07) is 16.0. The van der Waals surface area contributed by atoms with Gasteiger partial charge in [-0.05, 0) is 68.1 Å². The van der Waals surface area contributed by atoms with Gasteiger partial charge in [0, 0.05) is 12.6 Å². The molecule has 0 saturated heterocycles. The van der Waals surface area contributed by atoms with Gasteiger partial charge in [-0.3, -0.25) is 13.9 Å². The fourth-order valence-corrected chi connectivity index (χ4v) is 6.91. The number of nitrogens with zero attached hydrogens (tertiary/aromatic N) is 2. The molecule has 0 aromatic heterocycles. The number of carbonyl (C=O) groups excluding carboxylic acids is 2. The number of hydrogen-bond acceptors (Lipinski definition) is 4. The summed E-state index contributed by atoms with van der Waals surface area (Å²) in [4.78, 5) is 28.6. The highest BCUT2D eigenvalue weighted by atomic mass is 35.5. The normalized spacial score (nSPS) is 15.0. The molecule has 44 heavy (non-hydrogen) atoms. The van der Waals surface area contributed by atoms with E-state index in [1.165, 1.54) is 29.2 Å². The predicted molar refractivity (Wildman–Crippen MR) is 164 cm³/mol. The van der Waals surface area contributed by atoms with E-state index in [4.69, 9.17) is 11.6 Å². The van der Waals surface area contributed by atoms with Gasteiger partial charge in [-0.25, -0.2) is 8.42 Å². The van der Waals surface area contributed by atoms with Gasteiger partial charge in [-0.1, -0.05) is 73.3 Å². The molecule has 1 atom stereocenters. The minimum absolute atomic E-state index is 0.0155. The number of sulfonamides is 1. The average molecular weight is 650 g/mol. The van der Waals surface area contributed by atoms with Crippen molar-refractivity contribution < 1.29 is 31.2 Å². The molecule has 4 rings (SSSR count). The van der Waals surface area contributed by atoms with Crippen molar-refractivity contribution in [3.63, 3.8) is 0 Å². The van der Waals surface area contributed by atoms with E-state index in [1.807, 2.05) is 19.1 Å². The Balaban J connectivity index is 1.74. The Kier molecular flexibility index (Phi) is 10.6. The van der Waals surface area contributed by atoms with Crippen LogP contribution in [0.3, 0.4) is 0 Å². The summed E-state index contributed by atoms with van der Waals surface area (Å²) < 4.78 is 69.8. The molecule has 1 saturated carbocycles. The van der Waals surface area contributed by atoms with Crippen LogP contribution in [0, 0.1) is 6.92 Å². The van der Waals surface area contributed by atoms with Crippen molar-refractivity contribution in [3.05, 3.63) is 94.5 Å². The number of benzene rings is 3. The van der Waals surface area contributed by atoms with Crippen LogP contribution in [0.2, 0.25) is 5.02 Å². The van der Waals surface area contributed by atoms with E-state index in [0.717, 1.165) is 55.4 Å². The molecule has 7 nitrogen and oxygen atoms in total. The van der Waals surface area contributed by atoms with Crippen molar-refractivity contribution in [2.45, 2.75) is 75.7 Å². The van der Waals surface area contributed by atoms with E-state index < -0.39 is 51.0 Å². The van der Waals surface area contributed by atoms with E-state index in [0.29, 0.717) is 10.4 Å². The van der Waals surface area contributed by atoms with Gasteiger partial charge in [0.25, 0.3) is 10.0 Å². The largest absolute Gasteiger partial charge is 0.417 e. The summed E-state index contributed by atoms with van der Waals surface area (Å²) >= 11 is 5.83. The van der Waals surface area contributed by atoms with Crippen LogP contribution in [0.1, 0.15) is 55.7 Å². The zero-order valence-electron chi connectivity index (χ0n) is 24.5. The van der Waals surface area contributed by atoms with Gasteiger partial charge in [-0.15, -0.1) is 0 Å². The van der Waals surface area contributed by atoms with Gasteiger partial charge in [-0.2, -0.15) is 13.2 Å². The highest BCUT2D eigenvalue weighted by Crippen LogP contribution is 2.38. The third-order valence-electron chi connectivity index (χ3n) is 7.87. The van der Waals surface area contributed by atoms with Gasteiger partial charge in [0.1, 0.15) is 12.6 Å². The zero-order valence-corrected chi connectivity index (χ0v) is 26.1. The number of hydrogen-bond donors (Lipinski definition) is 1. The topological polar surface area (TPSA) is 86.8 Å². The molecule has 1 aliphatic rings. The third kappa shape index (κ3) is 7.92. The third-order valence-corrected chi connectivity index (χ3v) is 9.99. The Bertz CT molecular complexity index is 1580. The second kappa shape index (κ2) is 14.0. The standard InChI is InChI=1S/C32H35ClF3N3O4S/c1-22-11-9-10-12-24(22)20-38(23(2)31(41)37-25-13-5-3-6-14-25)30(40)21-39(44(42,43)27-15-7-4-8-16-27)26-17-18-29(33)28(19-26)32(34,35)36/h4,7-12,15-19,23,25H,3,5-6,13-14,20-21H2,1-2H3,(H,37,41)/t23-/m0/s1. The first-order valence-corrected chi connectivity index (χ1v) is 16.2. The number of anilines is 1. The smallest absolute Gasteiger partial charge is 0.352 e. The molecular formula is C32H35ClF3N3O4S. The number of rotatable bonds is 10. The lowest BCUT2D eigenvalue weighted by Crippen LogP contribution is -2.53. The minimum Gasteiger partial charge on any atom is -0.352 e. The molecule has 1 N–H and O–H groups in total. The fourth-order valence-electron chi connectivity index (χ4n) is 5.26. The van der Waals surface area contributed by atoms with Gasteiger partial charge in [0.15, 0.2) is 0 Å². The van der Waals surface area contributed by atoms with Gasteiger partial charge < -0.3 is 10.2 Å². The quantitative estimate of drug-likeness (QED) is 0.264. The summed E-state index contributed by atoms with van der Waals surface area (Å²) in [5.74, 6) is -1.15. The van der Waals surface area contributed by atoms with E-state index in [1.54, 1.807) is 25.1 Å². The molecule has 0 heterocycles. The fraction of sp³-hybridized carbons (Fsp3) is 0.375. The number of alkyl halides is 3. The van der Waals surface area contributed by atoms with Crippen LogP contribution in [0.4, 0.5) is 18.9 Å². The Hall–Kier alpha value is -3.57. The maximum atomic E-state index is 14.1. The van der Waals surface area contributed by atoms with Crippen molar-refractivity contribution in [3.8, 4) is 0 Å². The molecule has 0 radical (unpaired) electrons. The molecule has 3 aromatic rings. The van der Waals surface area contributed by atoms with Crippen LogP contribution in [0.15, 0.2) is 77.7 Å². The Morgan fingerprint density at radius 1 is 0.977 bits per heavy atom. The highest BCUT2D eigenvalue weighted by molar-refractivity contribution is 7.92. The Morgan fingerprint density at radius 2 is 1.61 bits per heavy atom. The number of aryl methyl sites for hydroxylation is 1. The summed E-state index contributed by atoms with van der Waals surface area (Å²) in [5, 5.41) is 2.41. The van der Waals surface area contributed by atoms with E-state index in [9.17, 15) is 31.2 Å². The van der Waals surface area contributed by atoms with E-state index >= 15 is 0 Å². The number of nitrogens with one attached hydrogen (secondary N) is 1. The second-order valence-electron chi connectivity index (χ2n) is 11.0. The van der Waals surface area contributed by atoms with Crippen LogP contribution >= 0.6 is 11.6 Å². The second-order valence-corrected chi connectivity index (χ2v) is 13.2. The molecule has 0 spiro atoms. The summed E-state index contributed by atoms with van der Waals surface area (Å²) in [6.45, 7) is 2.54. The summed E-state index contributed by atoms with van der Waals surface area (Å²) in [7, 11) is -4.53. The maximum Gasteiger partial charge on any atom is 0.417 e. The lowest BCUT2D eigenvalue weighted by atomic mass is 9.95. The molecule has 1 fully saturated rings. The molecule has 3 aromatic carbocycles. The average Bonchev–Trinajstić information content (AvgIpc) is 2.99. The van der Waals surface area contributed by atoms with Crippen molar-refractivity contribution in [1.29, 1.82) is 0 Å². The van der Waals surface area contributed by atoms with Gasteiger partial charge >= 0.3 is 6.18 Å². The van der Waals surface area contributed by atoms with Crippen molar-refractivity contribution in [2.75, 3.05) is 10.8 Å². The summed E-state index contributed by atoms with van der Waals surface area (Å²) in [5.41, 5.74) is -0.0450. The number of halogens is 4. The number of carbonyl (C=O) groups is 2. The highest BCUT2D eigenvalue weighted by Gasteiger charge is 2.37. The Labute approximate surface area is 261 Å². The van der Waals surface area contributed by atoms with Crippen LogP contribution < -0.4 is 9.62 Å². The van der Waals surface area contributed by atoms with Crippen molar-refractivity contribution in [2.24, 2.45) is 0 Å². The van der Waals surface area contributed by atoms with Crippen LogP contribution in [-0.4, -0.2) is 43.8 Å². The number of amides is 2. The predicted octanol–water partition coefficient (Wildman–Crippen LogP) is 6.73. The maximum absolute atomic E-state index is 14.1. The monoisotopic (exact) mass is 649 g/mol. The minimum atomic E-state index is -4.87. The van der Waals surface area contributed by atoms with Gasteiger partial charge in [0.2, 0.25) is 11.8 Å². The molecule has 12 heteroatoms. The lowest BCUT2D eigenvalue weighted by molar-refractivity contribution is -0.139. The first-order chi connectivity index (χ1) is 20.8. The van der Waals surface area contributed by atoms with Crippen LogP contribution in [-0.2, 0) is 32.3 Å². The van der Waals surface area contributed by atoms with Crippen molar-refractivity contribution in [1.82, 2.24) is 10.2 Å². The molecule has 2 amide bonds.